The molecule has 0 bridgehead atoms. The summed E-state index contributed by atoms with van der Waals surface area (Å²) in [6.45, 7) is 1.40. The molecule has 1 fully saturated rings. The van der Waals surface area contributed by atoms with Gasteiger partial charge in [-0.25, -0.2) is 10.1 Å². The van der Waals surface area contributed by atoms with Gasteiger partial charge in [-0.05, 0) is 6.92 Å². The molecule has 2 N–H and O–H groups in total. The molecule has 18 heteroatoms. The van der Waals surface area contributed by atoms with Gasteiger partial charge in [0.25, 0.3) is 11.5 Å². The fraction of sp³-hybridized carbons (Fsp3) is 0.500. The summed E-state index contributed by atoms with van der Waals surface area (Å²) in [4.78, 5) is 45.3. The topological polar surface area (TPSA) is 148 Å². The molecule has 0 aromatic carbocycles. The van der Waals surface area contributed by atoms with Gasteiger partial charge >= 0.3 is 12.4 Å². The second-order valence-corrected chi connectivity index (χ2v) is 9.63. The van der Waals surface area contributed by atoms with E-state index in [0.717, 1.165) is 11.1 Å². The summed E-state index contributed by atoms with van der Waals surface area (Å²) in [7, 11) is 1.24. The number of halogens is 6. The zero-order valence-corrected chi connectivity index (χ0v) is 22.1. The van der Waals surface area contributed by atoms with Crippen molar-refractivity contribution < 1.29 is 40.7 Å². The summed E-state index contributed by atoms with van der Waals surface area (Å²) >= 11 is 0. The van der Waals surface area contributed by atoms with E-state index in [1.807, 2.05) is 0 Å². The number of carbonyl (C=O) groups excluding carboxylic acids is 2. The summed E-state index contributed by atoms with van der Waals surface area (Å²) in [5, 5.41) is 17.1. The molecule has 12 nitrogen and oxygen atoms in total. The quantitative estimate of drug-likeness (QED) is 0.359. The molecule has 2 amide bonds. The number of amides is 2. The lowest BCUT2D eigenvalue weighted by atomic mass is 10.0. The molecule has 42 heavy (non-hydrogen) atoms. The zero-order chi connectivity index (χ0) is 31.0. The lowest BCUT2D eigenvalue weighted by molar-refractivity contribution is -0.138. The van der Waals surface area contributed by atoms with Crippen LogP contribution in [0.1, 0.15) is 30.0 Å². The van der Waals surface area contributed by atoms with Crippen LogP contribution in [0.25, 0.3) is 0 Å². The Kier molecular flexibility index (Phi) is 8.34. The van der Waals surface area contributed by atoms with Gasteiger partial charge in [-0.1, -0.05) is 0 Å². The van der Waals surface area contributed by atoms with Gasteiger partial charge in [-0.2, -0.15) is 36.7 Å². The molecule has 2 aromatic rings. The van der Waals surface area contributed by atoms with Crippen LogP contribution in [0, 0.1) is 11.3 Å². The number of aromatic amines is 1. The van der Waals surface area contributed by atoms with Crippen molar-refractivity contribution in [3.63, 3.8) is 0 Å². The molecule has 0 radical (unpaired) electrons. The second kappa shape index (κ2) is 11.5. The largest absolute Gasteiger partial charge is 0.423 e. The number of piperazine rings is 1. The molecule has 0 spiro atoms. The Balaban J connectivity index is 1.35. The third kappa shape index (κ3) is 5.95. The van der Waals surface area contributed by atoms with Crippen molar-refractivity contribution in [3.8, 4) is 6.07 Å². The molecule has 226 valence electrons. The normalized spacial score (nSPS) is 17.8. The minimum atomic E-state index is -4.91. The number of pyridine rings is 1. The molecule has 4 heterocycles. The van der Waals surface area contributed by atoms with Crippen LogP contribution in [-0.2, 0) is 26.7 Å². The highest BCUT2D eigenvalue weighted by Gasteiger charge is 2.46. The summed E-state index contributed by atoms with van der Waals surface area (Å²) in [5.74, 6) is -0.957. The number of likely N-dealkylation sites (N-methyl/N-ethyl adjacent to an activating group) is 1. The number of hydrogen-bond acceptors (Lipinski definition) is 9. The van der Waals surface area contributed by atoms with E-state index in [9.17, 15) is 46.0 Å². The predicted octanol–water partition coefficient (Wildman–Crippen LogP) is 1.98. The molecule has 0 unspecified atom stereocenters. The fourth-order valence-electron chi connectivity index (χ4n) is 4.83. The molecule has 2 atom stereocenters. The maximum atomic E-state index is 13.4. The smallest absolute Gasteiger partial charge is 0.379 e. The second-order valence-electron chi connectivity index (χ2n) is 9.63. The minimum absolute atomic E-state index is 0.0351. The van der Waals surface area contributed by atoms with Crippen LogP contribution >= 0.6 is 0 Å². The first-order valence-corrected chi connectivity index (χ1v) is 12.5. The third-order valence-corrected chi connectivity index (χ3v) is 6.78. The van der Waals surface area contributed by atoms with Gasteiger partial charge in [0.2, 0.25) is 5.91 Å². The number of nitrogens with one attached hydrogen (secondary N) is 2. The van der Waals surface area contributed by atoms with Crippen molar-refractivity contribution in [2.75, 3.05) is 55.0 Å². The molecule has 2 aliphatic rings. The first-order chi connectivity index (χ1) is 19.6. The van der Waals surface area contributed by atoms with Gasteiger partial charge in [0.1, 0.15) is 23.4 Å². The summed E-state index contributed by atoms with van der Waals surface area (Å²) in [6, 6.07) is -0.0922. The van der Waals surface area contributed by atoms with Gasteiger partial charge in [-0.3, -0.25) is 14.4 Å². The summed E-state index contributed by atoms with van der Waals surface area (Å²) < 4.78 is 85.3. The van der Waals surface area contributed by atoms with Crippen LogP contribution < -0.4 is 20.7 Å². The number of nitrogens with zero attached hydrogens (tertiary/aromatic N) is 6. The van der Waals surface area contributed by atoms with Gasteiger partial charge in [0.15, 0.2) is 5.82 Å². The summed E-state index contributed by atoms with van der Waals surface area (Å²) in [5.41, 5.74) is -5.57. The van der Waals surface area contributed by atoms with Crippen LogP contribution in [0.2, 0.25) is 0 Å². The third-order valence-electron chi connectivity index (χ3n) is 6.78. The van der Waals surface area contributed by atoms with Crippen molar-refractivity contribution in [1.29, 1.82) is 5.26 Å². The average molecular weight is 602 g/mol. The Bertz CT molecular complexity index is 1470. The Morgan fingerprint density at radius 3 is 2.57 bits per heavy atom. The number of H-pyrrole nitrogens is 1. The molecular weight excluding hydrogens is 578 g/mol. The van der Waals surface area contributed by atoms with E-state index in [2.05, 4.69) is 15.4 Å². The van der Waals surface area contributed by atoms with E-state index in [-0.39, 0.29) is 56.7 Å². The SMILES string of the molecule is C[C@@H](COCCC(=O)N1CCN2c3ncc(C(F)(F)F)c(C#N)c3N(C)C(=O)[C@@H]2C1)Nc1cn[nH]c(=O)c1C(F)(F)F. The molecule has 0 saturated carbocycles. The number of rotatable bonds is 7. The van der Waals surface area contributed by atoms with E-state index in [4.69, 9.17) is 4.74 Å². The lowest BCUT2D eigenvalue weighted by Gasteiger charge is -2.46. The molecular formula is C24H24F6N8O4. The van der Waals surface area contributed by atoms with E-state index in [1.165, 1.54) is 29.8 Å². The molecule has 2 aliphatic heterocycles. The summed E-state index contributed by atoms with van der Waals surface area (Å²) in [6.07, 6.45) is -8.49. The highest BCUT2D eigenvalue weighted by atomic mass is 19.4. The number of alkyl halides is 6. The van der Waals surface area contributed by atoms with E-state index in [1.54, 1.807) is 5.10 Å². The van der Waals surface area contributed by atoms with Gasteiger partial charge in [-0.15, -0.1) is 0 Å². The number of fused-ring (bicyclic) bond motifs is 3. The van der Waals surface area contributed by atoms with Crippen LogP contribution in [0.15, 0.2) is 17.2 Å². The van der Waals surface area contributed by atoms with E-state index < -0.39 is 58.3 Å². The Morgan fingerprint density at radius 2 is 1.93 bits per heavy atom. The van der Waals surface area contributed by atoms with Gasteiger partial charge in [0.05, 0.1) is 49.2 Å². The van der Waals surface area contributed by atoms with Crippen molar-refractivity contribution >= 4 is 29.0 Å². The predicted molar refractivity (Wildman–Crippen MR) is 133 cm³/mol. The van der Waals surface area contributed by atoms with Crippen LogP contribution in [0.5, 0.6) is 0 Å². The van der Waals surface area contributed by atoms with Crippen LogP contribution in [0.4, 0.5) is 43.5 Å². The zero-order valence-electron chi connectivity index (χ0n) is 22.1. The first-order valence-electron chi connectivity index (χ1n) is 12.5. The van der Waals surface area contributed by atoms with Crippen molar-refractivity contribution in [1.82, 2.24) is 20.1 Å². The number of ether oxygens (including phenoxy) is 1. The number of hydrogen-bond donors (Lipinski definition) is 2. The number of carbonyl (C=O) groups is 2. The van der Waals surface area contributed by atoms with Crippen molar-refractivity contribution in [3.05, 3.63) is 39.4 Å². The number of aromatic nitrogens is 3. The van der Waals surface area contributed by atoms with Crippen LogP contribution in [-0.4, -0.2) is 83.9 Å². The molecule has 0 aliphatic carbocycles. The van der Waals surface area contributed by atoms with Crippen LogP contribution in [0.3, 0.4) is 0 Å². The Morgan fingerprint density at radius 1 is 1.21 bits per heavy atom. The lowest BCUT2D eigenvalue weighted by Crippen LogP contribution is -2.63. The molecule has 4 rings (SSSR count). The Hall–Kier alpha value is -4.40. The Labute approximate surface area is 233 Å². The maximum absolute atomic E-state index is 13.4. The molecule has 1 saturated heterocycles. The monoisotopic (exact) mass is 602 g/mol. The number of anilines is 3. The van der Waals surface area contributed by atoms with E-state index in [0.29, 0.717) is 6.20 Å². The minimum Gasteiger partial charge on any atom is -0.379 e. The van der Waals surface area contributed by atoms with E-state index >= 15 is 0 Å². The fourth-order valence-corrected chi connectivity index (χ4v) is 4.83. The standard InChI is InChI=1S/C24H24F6N8O4/c1-12(34-15-9-33-35-21(40)18(15)24(28,29)30)11-42-6-3-17(39)37-4-5-38-16(10-37)22(41)36(2)19-13(7-31)14(23(25,26)27)8-32-20(19)38/h8-9,12,16H,3-6,10-11H2,1-2H3,(H2,34,35,40)/t12-,16-/m0/s1. The van der Waals surface area contributed by atoms with Crippen molar-refractivity contribution in [2.24, 2.45) is 0 Å². The highest BCUT2D eigenvalue weighted by Crippen LogP contribution is 2.43. The maximum Gasteiger partial charge on any atom is 0.423 e. The van der Waals surface area contributed by atoms with Gasteiger partial charge in [0, 0.05) is 32.4 Å². The van der Waals surface area contributed by atoms with Gasteiger partial charge < -0.3 is 24.8 Å². The molecule has 2 aromatic heterocycles. The number of nitriles is 1. The average Bonchev–Trinajstić information content (AvgIpc) is 2.91. The first kappa shape index (κ1) is 30.6. The van der Waals surface area contributed by atoms with Crippen molar-refractivity contribution in [2.45, 2.75) is 37.8 Å². The highest BCUT2D eigenvalue weighted by molar-refractivity contribution is 6.06.